The average Bonchev–Trinajstić information content (AvgIpc) is 2.92. The fraction of sp³-hybridized carbons (Fsp3) is 0.500. The minimum Gasteiger partial charge on any atom is -0.493 e. The van der Waals surface area contributed by atoms with Crippen LogP contribution in [0.4, 0.5) is 10.5 Å². The first-order chi connectivity index (χ1) is 12.0. The van der Waals surface area contributed by atoms with Gasteiger partial charge in [-0.05, 0) is 31.4 Å². The Morgan fingerprint density at radius 3 is 3.08 bits per heavy atom. The van der Waals surface area contributed by atoms with Crippen LogP contribution in [0.15, 0.2) is 24.3 Å². The number of nitrogens with one attached hydrogen (secondary N) is 2. The molecule has 7 nitrogen and oxygen atoms in total. The van der Waals surface area contributed by atoms with Gasteiger partial charge in [-0.25, -0.2) is 14.5 Å². The lowest BCUT2D eigenvalue weighted by Gasteiger charge is -2.23. The van der Waals surface area contributed by atoms with Crippen molar-refractivity contribution in [3.8, 4) is 5.75 Å². The molecule has 2 aromatic rings. The Hall–Kier alpha value is -2.57. The van der Waals surface area contributed by atoms with Crippen LogP contribution in [-0.4, -0.2) is 33.4 Å². The van der Waals surface area contributed by atoms with Crippen LogP contribution in [0.2, 0.25) is 0 Å². The molecule has 0 saturated heterocycles. The molecule has 0 radical (unpaired) electrons. The number of amides is 2. The molecule has 1 aliphatic rings. The largest absolute Gasteiger partial charge is 0.493 e. The van der Waals surface area contributed by atoms with E-state index < -0.39 is 0 Å². The Morgan fingerprint density at radius 2 is 2.28 bits per heavy atom. The zero-order valence-corrected chi connectivity index (χ0v) is 15.0. The van der Waals surface area contributed by atoms with Crippen molar-refractivity contribution in [3.05, 3.63) is 35.9 Å². The Bertz CT molecular complexity index is 741. The SMILES string of the molecule is Cc1nc2n(n1)CC(NC(=O)Nc1cccc(OCC(C)C)c1)CC2. The molecule has 1 aliphatic heterocycles. The Balaban J connectivity index is 1.53. The maximum absolute atomic E-state index is 12.3. The first-order valence-corrected chi connectivity index (χ1v) is 8.70. The van der Waals surface area contributed by atoms with Crippen molar-refractivity contribution in [2.24, 2.45) is 5.92 Å². The molecule has 7 heteroatoms. The molecule has 0 saturated carbocycles. The lowest BCUT2D eigenvalue weighted by Crippen LogP contribution is -2.43. The third kappa shape index (κ3) is 4.71. The monoisotopic (exact) mass is 343 g/mol. The van der Waals surface area contributed by atoms with Crippen molar-refractivity contribution in [1.82, 2.24) is 20.1 Å². The van der Waals surface area contributed by atoms with Gasteiger partial charge in [0, 0.05) is 18.2 Å². The van der Waals surface area contributed by atoms with Crippen molar-refractivity contribution < 1.29 is 9.53 Å². The van der Waals surface area contributed by atoms with Gasteiger partial charge < -0.3 is 15.4 Å². The number of carbonyl (C=O) groups is 1. The summed E-state index contributed by atoms with van der Waals surface area (Å²) in [5.74, 6) is 2.98. The number of nitrogens with zero attached hydrogens (tertiary/aromatic N) is 3. The molecule has 2 heterocycles. The van der Waals surface area contributed by atoms with Gasteiger partial charge in [0.05, 0.1) is 19.2 Å². The summed E-state index contributed by atoms with van der Waals surface area (Å²) in [6.45, 7) is 7.39. The summed E-state index contributed by atoms with van der Waals surface area (Å²) in [6.07, 6.45) is 1.69. The maximum atomic E-state index is 12.3. The molecule has 2 amide bonds. The molecule has 25 heavy (non-hydrogen) atoms. The van der Waals surface area contributed by atoms with Crippen LogP contribution in [0.5, 0.6) is 5.75 Å². The summed E-state index contributed by atoms with van der Waals surface area (Å²) in [7, 11) is 0. The number of rotatable bonds is 5. The molecule has 1 unspecified atom stereocenters. The fourth-order valence-electron chi connectivity index (χ4n) is 2.83. The minimum atomic E-state index is -0.216. The molecular formula is C18H25N5O2. The molecular weight excluding hydrogens is 318 g/mol. The van der Waals surface area contributed by atoms with Crippen LogP contribution in [0, 0.1) is 12.8 Å². The van der Waals surface area contributed by atoms with Gasteiger partial charge in [0.25, 0.3) is 0 Å². The summed E-state index contributed by atoms with van der Waals surface area (Å²) in [4.78, 5) is 16.6. The number of hydrogen-bond donors (Lipinski definition) is 2. The normalized spacial score (nSPS) is 16.4. The van der Waals surface area contributed by atoms with Crippen molar-refractivity contribution in [3.63, 3.8) is 0 Å². The zero-order chi connectivity index (χ0) is 17.8. The number of aromatic nitrogens is 3. The molecule has 0 aliphatic carbocycles. The van der Waals surface area contributed by atoms with E-state index >= 15 is 0 Å². The Labute approximate surface area is 147 Å². The van der Waals surface area contributed by atoms with E-state index in [1.165, 1.54) is 0 Å². The Kier molecular flexibility index (Phi) is 5.21. The smallest absolute Gasteiger partial charge is 0.319 e. The predicted molar refractivity (Wildman–Crippen MR) is 95.8 cm³/mol. The number of ether oxygens (including phenoxy) is 1. The first-order valence-electron chi connectivity index (χ1n) is 8.70. The zero-order valence-electron chi connectivity index (χ0n) is 15.0. The fourth-order valence-corrected chi connectivity index (χ4v) is 2.83. The second-order valence-corrected chi connectivity index (χ2v) is 6.82. The van der Waals surface area contributed by atoms with E-state index in [0.29, 0.717) is 24.8 Å². The van der Waals surface area contributed by atoms with Crippen LogP contribution in [0.1, 0.15) is 31.9 Å². The number of fused-ring (bicyclic) bond motifs is 1. The van der Waals surface area contributed by atoms with Crippen molar-refractivity contribution >= 4 is 11.7 Å². The van der Waals surface area contributed by atoms with Gasteiger partial charge in [0.2, 0.25) is 0 Å². The third-order valence-corrected chi connectivity index (χ3v) is 3.97. The average molecular weight is 343 g/mol. The van der Waals surface area contributed by atoms with Crippen molar-refractivity contribution in [2.45, 2.75) is 46.2 Å². The van der Waals surface area contributed by atoms with E-state index in [1.807, 2.05) is 35.9 Å². The molecule has 2 N–H and O–H groups in total. The number of hydrogen-bond acceptors (Lipinski definition) is 4. The maximum Gasteiger partial charge on any atom is 0.319 e. The van der Waals surface area contributed by atoms with Crippen molar-refractivity contribution in [2.75, 3.05) is 11.9 Å². The lowest BCUT2D eigenvalue weighted by molar-refractivity contribution is 0.243. The quantitative estimate of drug-likeness (QED) is 0.875. The summed E-state index contributed by atoms with van der Waals surface area (Å²) in [5.41, 5.74) is 0.715. The summed E-state index contributed by atoms with van der Waals surface area (Å²) in [5, 5.41) is 10.2. The number of carbonyl (C=O) groups excluding carboxylic acids is 1. The molecule has 0 spiro atoms. The number of benzene rings is 1. The van der Waals surface area contributed by atoms with Crippen LogP contribution in [0.3, 0.4) is 0 Å². The highest BCUT2D eigenvalue weighted by Crippen LogP contribution is 2.18. The van der Waals surface area contributed by atoms with E-state index in [9.17, 15) is 4.79 Å². The topological polar surface area (TPSA) is 81.1 Å². The van der Waals surface area contributed by atoms with Gasteiger partial charge in [-0.15, -0.1) is 0 Å². The second kappa shape index (κ2) is 7.55. The van der Waals surface area contributed by atoms with E-state index in [0.717, 1.165) is 30.2 Å². The van der Waals surface area contributed by atoms with Gasteiger partial charge in [-0.1, -0.05) is 19.9 Å². The Morgan fingerprint density at radius 1 is 1.44 bits per heavy atom. The second-order valence-electron chi connectivity index (χ2n) is 6.82. The van der Waals surface area contributed by atoms with Crippen LogP contribution < -0.4 is 15.4 Å². The van der Waals surface area contributed by atoms with Gasteiger partial charge in [-0.3, -0.25) is 0 Å². The summed E-state index contributed by atoms with van der Waals surface area (Å²) >= 11 is 0. The van der Waals surface area contributed by atoms with Gasteiger partial charge in [0.15, 0.2) is 0 Å². The lowest BCUT2D eigenvalue weighted by atomic mass is 10.1. The number of aryl methyl sites for hydroxylation is 2. The molecule has 1 atom stereocenters. The van der Waals surface area contributed by atoms with Gasteiger partial charge in [0.1, 0.15) is 17.4 Å². The third-order valence-electron chi connectivity index (χ3n) is 3.97. The van der Waals surface area contributed by atoms with Crippen LogP contribution >= 0.6 is 0 Å². The molecule has 0 bridgehead atoms. The number of urea groups is 1. The van der Waals surface area contributed by atoms with E-state index in [1.54, 1.807) is 0 Å². The minimum absolute atomic E-state index is 0.0500. The molecule has 1 aromatic carbocycles. The molecule has 3 rings (SSSR count). The molecule has 0 fully saturated rings. The number of anilines is 1. The summed E-state index contributed by atoms with van der Waals surface area (Å²) in [6, 6.07) is 7.28. The van der Waals surface area contributed by atoms with E-state index in [2.05, 4.69) is 34.6 Å². The highest BCUT2D eigenvalue weighted by molar-refractivity contribution is 5.89. The highest BCUT2D eigenvalue weighted by atomic mass is 16.5. The van der Waals surface area contributed by atoms with Gasteiger partial charge >= 0.3 is 6.03 Å². The summed E-state index contributed by atoms with van der Waals surface area (Å²) < 4.78 is 7.57. The van der Waals surface area contributed by atoms with Crippen molar-refractivity contribution in [1.29, 1.82) is 0 Å². The first kappa shape index (κ1) is 17.3. The van der Waals surface area contributed by atoms with Gasteiger partial charge in [-0.2, -0.15) is 5.10 Å². The predicted octanol–water partition coefficient (Wildman–Crippen LogP) is 2.76. The van der Waals surface area contributed by atoms with E-state index in [4.69, 9.17) is 4.74 Å². The highest BCUT2D eigenvalue weighted by Gasteiger charge is 2.22. The standard InChI is InChI=1S/C18H25N5O2/c1-12(2)11-25-16-6-4-5-14(9-16)20-18(24)21-15-7-8-17-19-13(3)22-23(17)10-15/h4-6,9,12,15H,7-8,10-11H2,1-3H3,(H2,20,21,24). The van der Waals surface area contributed by atoms with Crippen LogP contribution in [0.25, 0.3) is 0 Å². The van der Waals surface area contributed by atoms with Crippen LogP contribution in [-0.2, 0) is 13.0 Å². The molecule has 134 valence electrons. The molecule has 1 aromatic heterocycles. The van der Waals surface area contributed by atoms with E-state index in [-0.39, 0.29) is 12.1 Å².